The lowest BCUT2D eigenvalue weighted by atomic mass is 10.1. The lowest BCUT2D eigenvalue weighted by molar-refractivity contribution is 0.0679. The largest absolute Gasteiger partial charge is 0.491 e. The second kappa shape index (κ2) is 7.92. The Morgan fingerprint density at radius 1 is 1.27 bits per heavy atom. The van der Waals surface area contributed by atoms with Gasteiger partial charge in [-0.05, 0) is 30.5 Å². The Bertz CT molecular complexity index is 446. The molecule has 122 valence electrons. The molecule has 2 aliphatic rings. The molecule has 5 nitrogen and oxygen atoms in total. The van der Waals surface area contributed by atoms with Crippen LogP contribution in [0.5, 0.6) is 5.75 Å². The molecule has 5 heteroatoms. The van der Waals surface area contributed by atoms with Crippen LogP contribution in [-0.4, -0.2) is 50.2 Å². The zero-order valence-corrected chi connectivity index (χ0v) is 13.0. The first-order chi connectivity index (χ1) is 10.8. The van der Waals surface area contributed by atoms with Gasteiger partial charge in [-0.1, -0.05) is 12.1 Å². The highest BCUT2D eigenvalue weighted by Crippen LogP contribution is 2.16. The van der Waals surface area contributed by atoms with Gasteiger partial charge in [0.05, 0.1) is 12.2 Å². The average molecular weight is 306 g/mol. The number of nitrogens with one attached hydrogen (secondary N) is 2. The number of ether oxygens (including phenoxy) is 2. The third kappa shape index (κ3) is 4.43. The number of hydrogen-bond acceptors (Lipinski definition) is 5. The summed E-state index contributed by atoms with van der Waals surface area (Å²) in [4.78, 5) is 0. The van der Waals surface area contributed by atoms with E-state index in [1.165, 1.54) is 5.56 Å². The Hall–Kier alpha value is -1.14. The van der Waals surface area contributed by atoms with Crippen LogP contribution in [0.1, 0.15) is 18.4 Å². The summed E-state index contributed by atoms with van der Waals surface area (Å²) in [5.74, 6) is 1.21. The van der Waals surface area contributed by atoms with E-state index in [9.17, 15) is 5.11 Å². The minimum absolute atomic E-state index is 0.221. The molecule has 2 saturated heterocycles. The van der Waals surface area contributed by atoms with Crippen LogP contribution in [0.2, 0.25) is 0 Å². The average Bonchev–Trinajstić information content (AvgIpc) is 3.19. The van der Waals surface area contributed by atoms with Crippen LogP contribution in [0.25, 0.3) is 0 Å². The van der Waals surface area contributed by atoms with Gasteiger partial charge >= 0.3 is 0 Å². The first-order valence-electron chi connectivity index (χ1n) is 8.24. The molecule has 0 radical (unpaired) electrons. The second-order valence-corrected chi connectivity index (χ2v) is 6.21. The molecule has 0 aromatic heterocycles. The Morgan fingerprint density at radius 2 is 2.14 bits per heavy atom. The number of hydrogen-bond donors (Lipinski definition) is 3. The summed E-state index contributed by atoms with van der Waals surface area (Å²) < 4.78 is 11.3. The molecule has 2 heterocycles. The van der Waals surface area contributed by atoms with Crippen LogP contribution in [0.4, 0.5) is 0 Å². The van der Waals surface area contributed by atoms with E-state index in [-0.39, 0.29) is 12.2 Å². The van der Waals surface area contributed by atoms with Crippen LogP contribution in [0.15, 0.2) is 24.3 Å². The minimum Gasteiger partial charge on any atom is -0.491 e. The molecule has 22 heavy (non-hydrogen) atoms. The maximum atomic E-state index is 9.74. The molecule has 0 aliphatic carbocycles. The number of aliphatic hydroxyl groups excluding tert-OH is 1. The van der Waals surface area contributed by atoms with Gasteiger partial charge in [0.2, 0.25) is 0 Å². The molecule has 0 bridgehead atoms. The van der Waals surface area contributed by atoms with Gasteiger partial charge in [0.1, 0.15) is 12.4 Å². The topological polar surface area (TPSA) is 62.8 Å². The van der Waals surface area contributed by atoms with Crippen molar-refractivity contribution in [1.29, 1.82) is 0 Å². The molecule has 0 saturated carbocycles. The Kier molecular flexibility index (Phi) is 5.67. The summed E-state index contributed by atoms with van der Waals surface area (Å²) in [5.41, 5.74) is 1.23. The van der Waals surface area contributed by atoms with Gasteiger partial charge < -0.3 is 25.2 Å². The van der Waals surface area contributed by atoms with Crippen molar-refractivity contribution >= 4 is 0 Å². The number of β-amino-alcohol motifs (C(OH)–C–C–N with tert-alkyl or cyclic N) is 1. The number of rotatable bonds is 7. The van der Waals surface area contributed by atoms with Crippen molar-refractivity contribution in [2.24, 2.45) is 5.92 Å². The van der Waals surface area contributed by atoms with Crippen molar-refractivity contribution in [3.63, 3.8) is 0 Å². The summed E-state index contributed by atoms with van der Waals surface area (Å²) in [6.45, 7) is 4.77. The van der Waals surface area contributed by atoms with Crippen molar-refractivity contribution in [1.82, 2.24) is 10.6 Å². The van der Waals surface area contributed by atoms with Crippen LogP contribution in [-0.2, 0) is 11.3 Å². The molecule has 3 N–H and O–H groups in total. The fraction of sp³-hybridized carbons (Fsp3) is 0.647. The molecule has 1 aromatic rings. The first kappa shape index (κ1) is 15.7. The summed E-state index contributed by atoms with van der Waals surface area (Å²) >= 11 is 0. The summed E-state index contributed by atoms with van der Waals surface area (Å²) in [7, 11) is 0. The Balaban J connectivity index is 1.37. The molecule has 3 unspecified atom stereocenters. The molecule has 2 aliphatic heterocycles. The second-order valence-electron chi connectivity index (χ2n) is 6.21. The normalized spacial score (nSPS) is 28.1. The van der Waals surface area contributed by atoms with E-state index in [1.54, 1.807) is 0 Å². The molecule has 3 atom stereocenters. The maximum Gasteiger partial charge on any atom is 0.119 e. The van der Waals surface area contributed by atoms with Crippen LogP contribution >= 0.6 is 0 Å². The van der Waals surface area contributed by atoms with Gasteiger partial charge in [0.25, 0.3) is 0 Å². The molecule has 3 rings (SSSR count). The highest BCUT2D eigenvalue weighted by atomic mass is 16.5. The molecule has 0 spiro atoms. The zero-order chi connectivity index (χ0) is 15.2. The summed E-state index contributed by atoms with van der Waals surface area (Å²) in [5, 5.41) is 16.4. The Morgan fingerprint density at radius 3 is 2.82 bits per heavy atom. The van der Waals surface area contributed by atoms with Gasteiger partial charge in [-0.3, -0.25) is 0 Å². The smallest absolute Gasteiger partial charge is 0.119 e. The fourth-order valence-electron chi connectivity index (χ4n) is 3.00. The van der Waals surface area contributed by atoms with Crippen molar-refractivity contribution in [2.75, 3.05) is 32.8 Å². The van der Waals surface area contributed by atoms with Crippen LogP contribution < -0.4 is 15.4 Å². The molecule has 1 aromatic carbocycles. The lowest BCUT2D eigenvalue weighted by Crippen LogP contribution is -2.30. The standard InChI is InChI=1S/C17H26N2O3/c20-17-11-19-10-14(17)9-18-8-13-3-5-15(6-4-13)22-12-16-2-1-7-21-16/h3-6,14,16-20H,1-2,7-12H2. The Labute approximate surface area is 132 Å². The predicted octanol–water partition coefficient (Wildman–Crippen LogP) is 0.914. The number of benzene rings is 1. The van der Waals surface area contributed by atoms with E-state index in [4.69, 9.17) is 9.47 Å². The monoisotopic (exact) mass is 306 g/mol. The third-order valence-corrected chi connectivity index (χ3v) is 4.42. The minimum atomic E-state index is -0.221. The van der Waals surface area contributed by atoms with Crippen molar-refractivity contribution in [2.45, 2.75) is 31.6 Å². The zero-order valence-electron chi connectivity index (χ0n) is 13.0. The highest BCUT2D eigenvalue weighted by Gasteiger charge is 2.23. The van der Waals surface area contributed by atoms with Gasteiger partial charge in [-0.2, -0.15) is 0 Å². The van der Waals surface area contributed by atoms with E-state index in [2.05, 4.69) is 22.8 Å². The molecule has 0 amide bonds. The quantitative estimate of drug-likeness (QED) is 0.699. The third-order valence-electron chi connectivity index (χ3n) is 4.42. The molecule has 2 fully saturated rings. The predicted molar refractivity (Wildman–Crippen MR) is 85.0 cm³/mol. The van der Waals surface area contributed by atoms with Crippen molar-refractivity contribution in [3.05, 3.63) is 29.8 Å². The van der Waals surface area contributed by atoms with E-state index < -0.39 is 0 Å². The van der Waals surface area contributed by atoms with Gasteiger partial charge in [0, 0.05) is 38.7 Å². The lowest BCUT2D eigenvalue weighted by Gasteiger charge is -2.14. The summed E-state index contributed by atoms with van der Waals surface area (Å²) in [6.07, 6.45) is 2.28. The van der Waals surface area contributed by atoms with Gasteiger partial charge in [-0.25, -0.2) is 0 Å². The number of aliphatic hydroxyl groups is 1. The first-order valence-corrected chi connectivity index (χ1v) is 8.24. The summed E-state index contributed by atoms with van der Waals surface area (Å²) in [6, 6.07) is 8.19. The fourth-order valence-corrected chi connectivity index (χ4v) is 3.00. The van der Waals surface area contributed by atoms with Crippen molar-refractivity contribution < 1.29 is 14.6 Å². The van der Waals surface area contributed by atoms with Crippen molar-refractivity contribution in [3.8, 4) is 5.75 Å². The van der Waals surface area contributed by atoms with E-state index in [1.807, 2.05) is 12.1 Å². The van der Waals surface area contributed by atoms with Crippen LogP contribution in [0.3, 0.4) is 0 Å². The van der Waals surface area contributed by atoms with Gasteiger partial charge in [-0.15, -0.1) is 0 Å². The van der Waals surface area contributed by atoms with Gasteiger partial charge in [0.15, 0.2) is 0 Å². The molecular formula is C17H26N2O3. The SMILES string of the molecule is OC1CNCC1CNCc1ccc(OCC2CCCO2)cc1. The van der Waals surface area contributed by atoms with E-state index in [0.29, 0.717) is 19.1 Å². The molecular weight excluding hydrogens is 280 g/mol. The van der Waals surface area contributed by atoms with Crippen LogP contribution in [0, 0.1) is 5.92 Å². The van der Waals surface area contributed by atoms with E-state index in [0.717, 1.165) is 44.8 Å². The maximum absolute atomic E-state index is 9.74. The van der Waals surface area contributed by atoms with E-state index >= 15 is 0 Å². The highest BCUT2D eigenvalue weighted by molar-refractivity contribution is 5.27.